The summed E-state index contributed by atoms with van der Waals surface area (Å²) >= 11 is 0. The van der Waals surface area contributed by atoms with E-state index in [4.69, 9.17) is 10.5 Å². The Labute approximate surface area is 123 Å². The first-order chi connectivity index (χ1) is 9.61. The topological polar surface area (TPSA) is 38.5 Å². The zero-order valence-electron chi connectivity index (χ0n) is 13.0. The lowest BCUT2D eigenvalue weighted by atomic mass is 9.93. The number of nitrogens with two attached hydrogens (primary N) is 1. The van der Waals surface area contributed by atoms with Crippen LogP contribution in [0.3, 0.4) is 0 Å². The van der Waals surface area contributed by atoms with Crippen LogP contribution in [0.15, 0.2) is 24.3 Å². The highest BCUT2D eigenvalue weighted by molar-refractivity contribution is 5.24. The minimum absolute atomic E-state index is 0.0805. The summed E-state index contributed by atoms with van der Waals surface area (Å²) in [4.78, 5) is 2.53. The van der Waals surface area contributed by atoms with Gasteiger partial charge >= 0.3 is 0 Å². The van der Waals surface area contributed by atoms with Gasteiger partial charge in [-0.3, -0.25) is 4.90 Å². The first-order valence-corrected chi connectivity index (χ1v) is 7.67. The average Bonchev–Trinajstić information content (AvgIpc) is 2.47. The maximum absolute atomic E-state index is 6.47. The van der Waals surface area contributed by atoms with Gasteiger partial charge in [0.05, 0.1) is 6.61 Å². The van der Waals surface area contributed by atoms with Crippen molar-refractivity contribution in [1.29, 1.82) is 0 Å². The molecular weight excluding hydrogens is 248 g/mol. The molecule has 112 valence electrons. The molecule has 0 aromatic heterocycles. The third-order valence-electron chi connectivity index (χ3n) is 4.51. The molecule has 2 N–H and O–H groups in total. The molecule has 3 heteroatoms. The molecule has 1 aromatic rings. The van der Waals surface area contributed by atoms with Crippen molar-refractivity contribution in [3.63, 3.8) is 0 Å². The Bertz CT molecular complexity index is 402. The van der Waals surface area contributed by atoms with Crippen molar-refractivity contribution in [2.24, 2.45) is 11.7 Å². The lowest BCUT2D eigenvalue weighted by molar-refractivity contribution is 0.0656. The molecule has 20 heavy (non-hydrogen) atoms. The van der Waals surface area contributed by atoms with Crippen molar-refractivity contribution in [2.75, 3.05) is 26.8 Å². The molecule has 0 saturated carbocycles. The fourth-order valence-electron chi connectivity index (χ4n) is 3.13. The Balaban J connectivity index is 1.98. The van der Waals surface area contributed by atoms with Crippen molar-refractivity contribution in [3.8, 4) is 0 Å². The number of rotatable bonds is 5. The molecule has 2 rings (SSSR count). The molecule has 1 saturated heterocycles. The van der Waals surface area contributed by atoms with Gasteiger partial charge in [-0.25, -0.2) is 0 Å². The zero-order valence-corrected chi connectivity index (χ0v) is 13.0. The van der Waals surface area contributed by atoms with Crippen LogP contribution in [-0.2, 0) is 4.74 Å². The fourth-order valence-corrected chi connectivity index (χ4v) is 3.13. The summed E-state index contributed by atoms with van der Waals surface area (Å²) in [6, 6.07) is 9.06. The summed E-state index contributed by atoms with van der Waals surface area (Å²) in [6.45, 7) is 7.48. The highest BCUT2D eigenvalue weighted by Crippen LogP contribution is 2.24. The van der Waals surface area contributed by atoms with Gasteiger partial charge < -0.3 is 10.5 Å². The minimum atomic E-state index is 0.0805. The van der Waals surface area contributed by atoms with Gasteiger partial charge in [0.25, 0.3) is 0 Å². The van der Waals surface area contributed by atoms with Crippen molar-refractivity contribution >= 4 is 0 Å². The van der Waals surface area contributed by atoms with Crippen molar-refractivity contribution in [2.45, 2.75) is 38.8 Å². The molecule has 1 aliphatic rings. The van der Waals surface area contributed by atoms with E-state index in [0.717, 1.165) is 19.7 Å². The van der Waals surface area contributed by atoms with E-state index in [9.17, 15) is 0 Å². The molecule has 1 fully saturated rings. The van der Waals surface area contributed by atoms with Crippen LogP contribution in [0.1, 0.15) is 36.9 Å². The second kappa shape index (κ2) is 7.21. The number of piperidine rings is 1. The molecular formula is C17H28N2O. The predicted molar refractivity (Wildman–Crippen MR) is 83.7 cm³/mol. The van der Waals surface area contributed by atoms with Crippen LogP contribution in [0.25, 0.3) is 0 Å². The first-order valence-electron chi connectivity index (χ1n) is 7.67. The largest absolute Gasteiger partial charge is 0.384 e. The Kier molecular flexibility index (Phi) is 5.58. The smallest absolute Gasteiger partial charge is 0.0502 e. The highest BCUT2D eigenvalue weighted by atomic mass is 16.5. The molecule has 0 amide bonds. The van der Waals surface area contributed by atoms with Gasteiger partial charge in [0.1, 0.15) is 0 Å². The van der Waals surface area contributed by atoms with Crippen LogP contribution >= 0.6 is 0 Å². The Morgan fingerprint density at radius 2 is 2.05 bits per heavy atom. The Morgan fingerprint density at radius 1 is 1.35 bits per heavy atom. The quantitative estimate of drug-likeness (QED) is 0.898. The summed E-state index contributed by atoms with van der Waals surface area (Å²) in [5.74, 6) is 0.654. The molecule has 0 radical (unpaired) electrons. The maximum atomic E-state index is 6.47. The van der Waals surface area contributed by atoms with Gasteiger partial charge in [-0.05, 0) is 44.7 Å². The van der Waals surface area contributed by atoms with E-state index in [0.29, 0.717) is 12.0 Å². The van der Waals surface area contributed by atoms with E-state index in [1.807, 2.05) is 0 Å². The first kappa shape index (κ1) is 15.5. The summed E-state index contributed by atoms with van der Waals surface area (Å²) in [5, 5.41) is 0. The third kappa shape index (κ3) is 3.81. The predicted octanol–water partition coefficient (Wildman–Crippen LogP) is 2.74. The normalized spacial score (nSPS) is 23.5. The van der Waals surface area contributed by atoms with Crippen LogP contribution in [0.4, 0.5) is 0 Å². The van der Waals surface area contributed by atoms with Crippen LogP contribution in [-0.4, -0.2) is 37.7 Å². The van der Waals surface area contributed by atoms with Crippen LogP contribution in [0.2, 0.25) is 0 Å². The lowest BCUT2D eigenvalue weighted by Gasteiger charge is -2.39. The molecule has 0 spiro atoms. The van der Waals surface area contributed by atoms with Crippen LogP contribution in [0.5, 0.6) is 0 Å². The number of hydrogen-bond donors (Lipinski definition) is 1. The second-order valence-corrected chi connectivity index (χ2v) is 6.14. The summed E-state index contributed by atoms with van der Waals surface area (Å²) in [6.07, 6.45) is 2.52. The standard InChI is InChI=1S/C17H28N2O/c1-13-6-8-16(9-7-13)17(18)14(2)19-10-4-5-15(11-19)12-20-3/h6-9,14-15,17H,4-5,10-12,18H2,1-3H3. The van der Waals surface area contributed by atoms with E-state index in [1.54, 1.807) is 7.11 Å². The Morgan fingerprint density at radius 3 is 2.70 bits per heavy atom. The molecule has 1 aromatic carbocycles. The van der Waals surface area contributed by atoms with Gasteiger partial charge in [0.15, 0.2) is 0 Å². The number of hydrogen-bond acceptors (Lipinski definition) is 3. The summed E-state index contributed by atoms with van der Waals surface area (Å²) in [7, 11) is 1.79. The van der Waals surface area contributed by atoms with E-state index >= 15 is 0 Å². The molecule has 0 bridgehead atoms. The van der Waals surface area contributed by atoms with Crippen molar-refractivity contribution < 1.29 is 4.74 Å². The number of benzene rings is 1. The van der Waals surface area contributed by atoms with Gasteiger partial charge in [0.2, 0.25) is 0 Å². The van der Waals surface area contributed by atoms with Gasteiger partial charge in [-0.2, -0.15) is 0 Å². The summed E-state index contributed by atoms with van der Waals surface area (Å²) in [5.41, 5.74) is 8.98. The van der Waals surface area contributed by atoms with Gasteiger partial charge in [0, 0.05) is 25.7 Å². The Hall–Kier alpha value is -0.900. The number of nitrogens with zero attached hydrogens (tertiary/aromatic N) is 1. The van der Waals surface area contributed by atoms with Gasteiger partial charge in [-0.15, -0.1) is 0 Å². The minimum Gasteiger partial charge on any atom is -0.384 e. The van der Waals surface area contributed by atoms with Crippen LogP contribution in [0, 0.1) is 12.8 Å². The van der Waals surface area contributed by atoms with E-state index in [2.05, 4.69) is 43.0 Å². The van der Waals surface area contributed by atoms with Gasteiger partial charge in [-0.1, -0.05) is 29.8 Å². The zero-order chi connectivity index (χ0) is 14.5. The molecule has 3 nitrogen and oxygen atoms in total. The second-order valence-electron chi connectivity index (χ2n) is 6.14. The lowest BCUT2D eigenvalue weighted by Crippen LogP contribution is -2.46. The van der Waals surface area contributed by atoms with E-state index < -0.39 is 0 Å². The monoisotopic (exact) mass is 276 g/mol. The van der Waals surface area contributed by atoms with Crippen LogP contribution < -0.4 is 5.73 Å². The SMILES string of the molecule is COCC1CCCN(C(C)C(N)c2ccc(C)cc2)C1. The molecule has 3 atom stereocenters. The highest BCUT2D eigenvalue weighted by Gasteiger charge is 2.27. The average molecular weight is 276 g/mol. The maximum Gasteiger partial charge on any atom is 0.0502 e. The molecule has 0 aliphatic carbocycles. The third-order valence-corrected chi connectivity index (χ3v) is 4.51. The molecule has 1 aliphatic heterocycles. The molecule has 1 heterocycles. The summed E-state index contributed by atoms with van der Waals surface area (Å²) < 4.78 is 5.31. The van der Waals surface area contributed by atoms with E-state index in [-0.39, 0.29) is 6.04 Å². The van der Waals surface area contributed by atoms with Crippen molar-refractivity contribution in [3.05, 3.63) is 35.4 Å². The van der Waals surface area contributed by atoms with E-state index in [1.165, 1.54) is 24.0 Å². The number of methoxy groups -OCH3 is 1. The van der Waals surface area contributed by atoms with Crippen molar-refractivity contribution in [1.82, 2.24) is 4.90 Å². The number of ether oxygens (including phenoxy) is 1. The number of likely N-dealkylation sites (tertiary alicyclic amines) is 1. The fraction of sp³-hybridized carbons (Fsp3) is 0.647. The molecule has 3 unspecified atom stereocenters. The number of aryl methyl sites for hydroxylation is 1.